The number of benzene rings is 1. The number of carbonyl (C=O) groups excluding carboxylic acids is 1. The van der Waals surface area contributed by atoms with Crippen molar-refractivity contribution < 1.29 is 9.21 Å². The van der Waals surface area contributed by atoms with Gasteiger partial charge in [0.25, 0.3) is 0 Å². The van der Waals surface area contributed by atoms with E-state index in [-0.39, 0.29) is 18.3 Å². The van der Waals surface area contributed by atoms with Crippen molar-refractivity contribution in [1.82, 2.24) is 9.88 Å². The van der Waals surface area contributed by atoms with Crippen LogP contribution in [0.4, 0.5) is 5.82 Å². The maximum Gasteiger partial charge on any atom is 0.246 e. The minimum atomic E-state index is -0.0866. The monoisotopic (exact) mass is 357 g/mol. The molecule has 0 bridgehead atoms. The number of fused-ring (bicyclic) bond motifs is 1. The van der Waals surface area contributed by atoms with Gasteiger partial charge in [-0.3, -0.25) is 4.79 Å². The zero-order chi connectivity index (χ0) is 17.1. The van der Waals surface area contributed by atoms with Crippen LogP contribution in [0.1, 0.15) is 16.9 Å². The molecule has 0 aliphatic rings. The van der Waals surface area contributed by atoms with Gasteiger partial charge in [0, 0.05) is 36.8 Å². The molecule has 0 radical (unpaired) electrons. The predicted octanol–water partition coefficient (Wildman–Crippen LogP) is 3.81. The van der Waals surface area contributed by atoms with Gasteiger partial charge in [0.2, 0.25) is 5.91 Å². The van der Waals surface area contributed by atoms with E-state index >= 15 is 0 Å². The first-order chi connectivity index (χ1) is 11.5. The van der Waals surface area contributed by atoms with Crippen LogP contribution in [-0.2, 0) is 11.3 Å². The molecule has 1 aromatic carbocycles. The molecule has 0 saturated heterocycles. The molecule has 0 aliphatic carbocycles. The lowest BCUT2D eigenvalue weighted by molar-refractivity contribution is -0.125. The van der Waals surface area contributed by atoms with Gasteiger partial charge in [-0.05, 0) is 36.8 Å². The molecule has 0 atom stereocenters. The summed E-state index contributed by atoms with van der Waals surface area (Å²) < 4.78 is 5.74. The number of amides is 1. The molecular formula is C19H20ClN3O2. The zero-order valence-corrected chi connectivity index (χ0v) is 14.9. The Labute approximate surface area is 152 Å². The normalized spacial score (nSPS) is 10.8. The Morgan fingerprint density at radius 3 is 2.76 bits per heavy atom. The Morgan fingerprint density at radius 2 is 2.04 bits per heavy atom. The maximum absolute atomic E-state index is 12.3. The van der Waals surface area contributed by atoms with Gasteiger partial charge in [-0.1, -0.05) is 18.2 Å². The van der Waals surface area contributed by atoms with Crippen molar-refractivity contribution in [2.24, 2.45) is 0 Å². The molecule has 6 heteroatoms. The smallest absolute Gasteiger partial charge is 0.246 e. The third-order valence-corrected chi connectivity index (χ3v) is 3.90. The Kier molecular flexibility index (Phi) is 5.83. The summed E-state index contributed by atoms with van der Waals surface area (Å²) in [4.78, 5) is 18.0. The van der Waals surface area contributed by atoms with E-state index in [0.717, 1.165) is 27.9 Å². The first kappa shape index (κ1) is 18.5. The average Bonchev–Trinajstić information content (AvgIpc) is 2.90. The molecule has 2 N–H and O–H groups in total. The van der Waals surface area contributed by atoms with E-state index in [1.165, 1.54) is 6.08 Å². The molecule has 0 fully saturated rings. The quantitative estimate of drug-likeness (QED) is 0.720. The lowest BCUT2D eigenvalue weighted by atomic mass is 10.1. The highest BCUT2D eigenvalue weighted by atomic mass is 35.5. The van der Waals surface area contributed by atoms with Gasteiger partial charge in [0.15, 0.2) is 0 Å². The van der Waals surface area contributed by atoms with Gasteiger partial charge in [0.05, 0.1) is 0 Å². The number of carbonyl (C=O) groups is 1. The van der Waals surface area contributed by atoms with Gasteiger partial charge >= 0.3 is 0 Å². The topological polar surface area (TPSA) is 72.4 Å². The molecule has 0 unspecified atom stereocenters. The fourth-order valence-electron chi connectivity index (χ4n) is 2.54. The molecule has 1 amide bonds. The minimum Gasteiger partial charge on any atom is -0.461 e. The predicted molar refractivity (Wildman–Crippen MR) is 102 cm³/mol. The van der Waals surface area contributed by atoms with Gasteiger partial charge in [-0.2, -0.15) is 0 Å². The lowest BCUT2D eigenvalue weighted by Crippen LogP contribution is -2.24. The van der Waals surface area contributed by atoms with Crippen LogP contribution in [0.3, 0.4) is 0 Å². The van der Waals surface area contributed by atoms with Crippen LogP contribution < -0.4 is 5.73 Å². The summed E-state index contributed by atoms with van der Waals surface area (Å²) in [6.07, 6.45) is 4.89. The van der Waals surface area contributed by atoms with Crippen molar-refractivity contribution in [3.63, 3.8) is 0 Å². The molecule has 5 nitrogen and oxygen atoms in total. The third kappa shape index (κ3) is 4.19. The number of para-hydroxylation sites is 1. The zero-order valence-electron chi connectivity index (χ0n) is 14.1. The standard InChI is InChI=1S/C19H19N3O2.ClH/c1-13-16(15-5-3-4-6-17(15)24-13)12-22(2)19(23)10-8-14-7-9-18(20)21-11-14;/h3-11H,12H2,1-2H3,(H2,20,21);1H. The number of furan rings is 1. The molecule has 2 heterocycles. The van der Waals surface area contributed by atoms with Crippen molar-refractivity contribution in [2.45, 2.75) is 13.5 Å². The summed E-state index contributed by atoms with van der Waals surface area (Å²) in [5.41, 5.74) is 8.25. The molecule has 0 spiro atoms. The van der Waals surface area contributed by atoms with Gasteiger partial charge < -0.3 is 15.1 Å². The Morgan fingerprint density at radius 1 is 1.28 bits per heavy atom. The number of likely N-dealkylation sites (N-methyl/N-ethyl adjacent to an activating group) is 1. The summed E-state index contributed by atoms with van der Waals surface area (Å²) >= 11 is 0. The second kappa shape index (κ2) is 7.85. The van der Waals surface area contributed by atoms with Gasteiger partial charge in [-0.15, -0.1) is 12.4 Å². The molecule has 0 saturated carbocycles. The first-order valence-electron chi connectivity index (χ1n) is 7.66. The number of anilines is 1. The summed E-state index contributed by atoms with van der Waals surface area (Å²) in [7, 11) is 1.77. The van der Waals surface area contributed by atoms with Crippen molar-refractivity contribution in [2.75, 3.05) is 12.8 Å². The molecule has 3 rings (SSSR count). The Bertz CT molecular complexity index is 901. The summed E-state index contributed by atoms with van der Waals surface area (Å²) in [5.74, 6) is 1.21. The molecular weight excluding hydrogens is 338 g/mol. The SMILES string of the molecule is Cc1oc2ccccc2c1CN(C)C(=O)C=Cc1ccc(N)nc1.Cl. The average molecular weight is 358 g/mol. The molecule has 0 aliphatic heterocycles. The number of hydrogen-bond donors (Lipinski definition) is 1. The van der Waals surface area contributed by atoms with Crippen LogP contribution in [0, 0.1) is 6.92 Å². The highest BCUT2D eigenvalue weighted by molar-refractivity contribution is 5.92. The maximum atomic E-state index is 12.3. The first-order valence-corrected chi connectivity index (χ1v) is 7.66. The number of nitrogens with two attached hydrogens (primary N) is 1. The minimum absolute atomic E-state index is 0. The highest BCUT2D eigenvalue weighted by Gasteiger charge is 2.14. The van der Waals surface area contributed by atoms with Crippen LogP contribution in [0.5, 0.6) is 0 Å². The summed E-state index contributed by atoms with van der Waals surface area (Å²) in [6.45, 7) is 2.41. The third-order valence-electron chi connectivity index (χ3n) is 3.90. The molecule has 2 aromatic heterocycles. The van der Waals surface area contributed by atoms with Crippen LogP contribution in [0.15, 0.2) is 53.1 Å². The highest BCUT2D eigenvalue weighted by Crippen LogP contribution is 2.26. The number of nitrogens with zero attached hydrogens (tertiary/aromatic N) is 2. The summed E-state index contributed by atoms with van der Waals surface area (Å²) in [6, 6.07) is 11.4. The van der Waals surface area contributed by atoms with Crippen molar-refractivity contribution in [3.05, 3.63) is 65.6 Å². The summed E-state index contributed by atoms with van der Waals surface area (Å²) in [5, 5.41) is 1.04. The van der Waals surface area contributed by atoms with E-state index in [4.69, 9.17) is 10.2 Å². The number of pyridine rings is 1. The van der Waals surface area contributed by atoms with E-state index in [1.54, 1.807) is 30.3 Å². The second-order valence-electron chi connectivity index (χ2n) is 5.68. The number of halogens is 1. The molecule has 25 heavy (non-hydrogen) atoms. The fourth-order valence-corrected chi connectivity index (χ4v) is 2.54. The van der Waals surface area contributed by atoms with E-state index in [0.29, 0.717) is 12.4 Å². The Hall–Kier alpha value is -2.79. The van der Waals surface area contributed by atoms with E-state index in [2.05, 4.69) is 4.98 Å². The second-order valence-corrected chi connectivity index (χ2v) is 5.68. The van der Waals surface area contributed by atoms with Crippen LogP contribution in [-0.4, -0.2) is 22.8 Å². The van der Waals surface area contributed by atoms with Gasteiger partial charge in [0.1, 0.15) is 17.2 Å². The van der Waals surface area contributed by atoms with E-state index in [1.807, 2.05) is 37.3 Å². The number of rotatable bonds is 4. The van der Waals surface area contributed by atoms with Crippen molar-refractivity contribution >= 4 is 41.2 Å². The van der Waals surface area contributed by atoms with Gasteiger partial charge in [-0.25, -0.2) is 4.98 Å². The van der Waals surface area contributed by atoms with Crippen molar-refractivity contribution in [3.8, 4) is 0 Å². The van der Waals surface area contributed by atoms with Crippen LogP contribution in [0.25, 0.3) is 17.0 Å². The molecule has 130 valence electrons. The van der Waals surface area contributed by atoms with Crippen LogP contribution in [0.2, 0.25) is 0 Å². The lowest BCUT2D eigenvalue weighted by Gasteiger charge is -2.15. The van der Waals surface area contributed by atoms with Crippen LogP contribution >= 0.6 is 12.4 Å². The van der Waals surface area contributed by atoms with Crippen molar-refractivity contribution in [1.29, 1.82) is 0 Å². The number of nitrogen functional groups attached to an aromatic ring is 1. The fraction of sp³-hybridized carbons (Fsp3) is 0.158. The number of hydrogen-bond acceptors (Lipinski definition) is 4. The number of aromatic nitrogens is 1. The van der Waals surface area contributed by atoms with E-state index in [9.17, 15) is 4.79 Å². The van der Waals surface area contributed by atoms with E-state index < -0.39 is 0 Å². The Balaban J connectivity index is 0.00000225. The largest absolute Gasteiger partial charge is 0.461 e. The molecule has 3 aromatic rings. The number of aryl methyl sites for hydroxylation is 1.